The molecule has 0 aliphatic heterocycles. The summed E-state index contributed by atoms with van der Waals surface area (Å²) >= 11 is 0. The summed E-state index contributed by atoms with van der Waals surface area (Å²) in [4.78, 5) is 38.5. The van der Waals surface area contributed by atoms with Gasteiger partial charge in [-0.05, 0) is 89.9 Å². The molecule has 1 unspecified atom stereocenters. The third-order valence-electron chi connectivity index (χ3n) is 16.0. The van der Waals surface area contributed by atoms with E-state index in [1.165, 1.54) is 250 Å². The molecule has 0 heterocycles. The van der Waals surface area contributed by atoms with Crippen LogP contribution in [0, 0.1) is 0 Å². The van der Waals surface area contributed by atoms with Crippen LogP contribution in [0.5, 0.6) is 0 Å². The lowest BCUT2D eigenvalue weighted by Gasteiger charge is -2.18. The lowest BCUT2D eigenvalue weighted by Crippen LogP contribution is -2.30. The number of allylic oxidation sites excluding steroid dienone is 10. The van der Waals surface area contributed by atoms with Gasteiger partial charge in [-0.3, -0.25) is 14.4 Å². The van der Waals surface area contributed by atoms with Crippen molar-refractivity contribution in [1.82, 2.24) is 0 Å². The highest BCUT2D eigenvalue weighted by Gasteiger charge is 2.19. The fraction of sp³-hybridized carbons (Fsp3) is 0.827. The Morgan fingerprint density at radius 3 is 0.704 bits per heavy atom. The summed E-state index contributed by atoms with van der Waals surface area (Å²) in [6.45, 7) is 6.67. The molecule has 0 fully saturated rings. The first kappa shape index (κ1) is 78.1. The zero-order valence-electron chi connectivity index (χ0n) is 54.3. The van der Waals surface area contributed by atoms with Gasteiger partial charge in [-0.1, -0.05) is 332 Å². The minimum absolute atomic E-state index is 0.0773. The predicted octanol–water partition coefficient (Wildman–Crippen LogP) is 24.7. The Labute approximate surface area is 504 Å². The van der Waals surface area contributed by atoms with E-state index >= 15 is 0 Å². The van der Waals surface area contributed by atoms with Gasteiger partial charge in [0.1, 0.15) is 13.2 Å². The Hall–Kier alpha value is -2.89. The lowest BCUT2D eigenvalue weighted by molar-refractivity contribution is -0.167. The van der Waals surface area contributed by atoms with Crippen molar-refractivity contribution in [3.05, 3.63) is 60.8 Å². The highest BCUT2D eigenvalue weighted by atomic mass is 16.6. The van der Waals surface area contributed by atoms with Crippen LogP contribution in [-0.2, 0) is 28.6 Å². The molecule has 0 radical (unpaired) electrons. The van der Waals surface area contributed by atoms with E-state index in [1.807, 2.05) is 0 Å². The first-order valence-corrected chi connectivity index (χ1v) is 35.8. The van der Waals surface area contributed by atoms with E-state index in [4.69, 9.17) is 14.2 Å². The van der Waals surface area contributed by atoms with Gasteiger partial charge in [0.25, 0.3) is 0 Å². The van der Waals surface area contributed by atoms with Crippen LogP contribution in [0.15, 0.2) is 60.8 Å². The van der Waals surface area contributed by atoms with Crippen LogP contribution < -0.4 is 0 Å². The molecule has 0 aliphatic carbocycles. The lowest BCUT2D eigenvalue weighted by atomic mass is 10.0. The quantitative estimate of drug-likeness (QED) is 0.0261. The minimum Gasteiger partial charge on any atom is -0.462 e. The van der Waals surface area contributed by atoms with Crippen molar-refractivity contribution in [1.29, 1.82) is 0 Å². The summed E-state index contributed by atoms with van der Waals surface area (Å²) in [7, 11) is 0. The minimum atomic E-state index is -0.781. The molecule has 0 saturated heterocycles. The van der Waals surface area contributed by atoms with Crippen LogP contribution in [0.25, 0.3) is 0 Å². The third-order valence-corrected chi connectivity index (χ3v) is 16.0. The molecule has 472 valence electrons. The smallest absolute Gasteiger partial charge is 0.306 e. The number of esters is 3. The molecule has 0 amide bonds. The normalized spacial score (nSPS) is 12.4. The highest BCUT2D eigenvalue weighted by Crippen LogP contribution is 2.18. The van der Waals surface area contributed by atoms with E-state index in [1.54, 1.807) is 0 Å². The van der Waals surface area contributed by atoms with Gasteiger partial charge in [0.05, 0.1) is 0 Å². The Balaban J connectivity index is 4.35. The third kappa shape index (κ3) is 67.8. The zero-order valence-corrected chi connectivity index (χ0v) is 54.3. The summed E-state index contributed by atoms with van der Waals surface area (Å²) in [5, 5.41) is 0. The largest absolute Gasteiger partial charge is 0.462 e. The van der Waals surface area contributed by atoms with Crippen molar-refractivity contribution in [2.75, 3.05) is 13.2 Å². The second kappa shape index (κ2) is 69.6. The summed E-state index contributed by atoms with van der Waals surface area (Å²) in [5.74, 6) is -0.866. The maximum absolute atomic E-state index is 13.0. The van der Waals surface area contributed by atoms with E-state index in [0.29, 0.717) is 19.3 Å². The van der Waals surface area contributed by atoms with Gasteiger partial charge in [-0.25, -0.2) is 0 Å². The number of carbonyl (C=O) groups excluding carboxylic acids is 3. The van der Waals surface area contributed by atoms with Crippen LogP contribution in [0.3, 0.4) is 0 Å². The van der Waals surface area contributed by atoms with Crippen molar-refractivity contribution >= 4 is 17.9 Å². The average molecular weight is 1130 g/mol. The van der Waals surface area contributed by atoms with Gasteiger partial charge in [-0.15, -0.1) is 0 Å². The van der Waals surface area contributed by atoms with E-state index in [-0.39, 0.29) is 31.1 Å². The number of carbonyl (C=O) groups is 3. The Bertz CT molecular complexity index is 1440. The second-order valence-electron chi connectivity index (χ2n) is 24.1. The van der Waals surface area contributed by atoms with Crippen LogP contribution in [0.2, 0.25) is 0 Å². The van der Waals surface area contributed by atoms with E-state index in [2.05, 4.69) is 81.5 Å². The highest BCUT2D eigenvalue weighted by molar-refractivity contribution is 5.71. The molecule has 0 aliphatic rings. The molecule has 0 bridgehead atoms. The molecule has 0 aromatic carbocycles. The van der Waals surface area contributed by atoms with Gasteiger partial charge in [-0.2, -0.15) is 0 Å². The molecule has 0 rings (SSSR count). The first-order chi connectivity index (χ1) is 40.0. The summed E-state index contributed by atoms with van der Waals surface area (Å²) in [6.07, 6.45) is 89.5. The number of rotatable bonds is 66. The fourth-order valence-corrected chi connectivity index (χ4v) is 10.6. The van der Waals surface area contributed by atoms with Crippen molar-refractivity contribution in [2.24, 2.45) is 0 Å². The van der Waals surface area contributed by atoms with Crippen LogP contribution >= 0.6 is 0 Å². The Morgan fingerprint density at radius 1 is 0.247 bits per heavy atom. The van der Waals surface area contributed by atoms with Gasteiger partial charge in [0.2, 0.25) is 0 Å². The summed E-state index contributed by atoms with van der Waals surface area (Å²) < 4.78 is 17.0. The van der Waals surface area contributed by atoms with Crippen molar-refractivity contribution in [3.63, 3.8) is 0 Å². The molecule has 0 spiro atoms. The van der Waals surface area contributed by atoms with E-state index in [9.17, 15) is 14.4 Å². The van der Waals surface area contributed by atoms with Crippen LogP contribution in [0.4, 0.5) is 0 Å². The maximum Gasteiger partial charge on any atom is 0.306 e. The van der Waals surface area contributed by atoms with E-state index in [0.717, 1.165) is 89.9 Å². The predicted molar refractivity (Wildman–Crippen MR) is 353 cm³/mol. The van der Waals surface area contributed by atoms with Gasteiger partial charge >= 0.3 is 17.9 Å². The zero-order chi connectivity index (χ0) is 58.5. The van der Waals surface area contributed by atoms with Crippen molar-refractivity contribution in [2.45, 2.75) is 386 Å². The van der Waals surface area contributed by atoms with Gasteiger partial charge < -0.3 is 14.2 Å². The number of hydrogen-bond acceptors (Lipinski definition) is 6. The van der Waals surface area contributed by atoms with Gasteiger partial charge in [0, 0.05) is 19.3 Å². The molecule has 0 N–H and O–H groups in total. The number of hydrogen-bond donors (Lipinski definition) is 0. The number of unbranched alkanes of at least 4 members (excludes halogenated alkanes) is 45. The summed E-state index contributed by atoms with van der Waals surface area (Å²) in [5.41, 5.74) is 0. The molecule has 1 atom stereocenters. The number of ether oxygens (including phenoxy) is 3. The van der Waals surface area contributed by atoms with Crippen LogP contribution in [0.1, 0.15) is 380 Å². The van der Waals surface area contributed by atoms with Crippen molar-refractivity contribution in [3.8, 4) is 0 Å². The maximum atomic E-state index is 13.0. The van der Waals surface area contributed by atoms with E-state index < -0.39 is 6.10 Å². The molecule has 0 saturated carbocycles. The molecule has 0 aromatic rings. The first-order valence-electron chi connectivity index (χ1n) is 35.8. The molecule has 6 nitrogen and oxygen atoms in total. The van der Waals surface area contributed by atoms with Crippen molar-refractivity contribution < 1.29 is 28.6 Å². The molecular formula is C75H136O6. The van der Waals surface area contributed by atoms with Gasteiger partial charge in [0.15, 0.2) is 6.10 Å². The Morgan fingerprint density at radius 2 is 0.444 bits per heavy atom. The molecule has 81 heavy (non-hydrogen) atoms. The standard InChI is InChI=1S/C75H136O6/c1-4-7-10-13-16-19-22-25-28-31-34-36-38-40-41-44-47-50-53-56-59-62-65-68-74(77)80-71-72(70-79-73(76)67-64-61-58-55-52-49-46-43-33-30-27-24-21-18-15-12-9-6-3)81-75(78)69-66-63-60-57-54-51-48-45-42-39-37-35-32-29-26-23-20-17-14-11-8-5-2/h21-22,24-25,30-31,33-34,38,40,72H,4-20,23,26-29,32,35-37,39,41-71H2,1-3H3/b24-21-,25-22-,33-30-,34-31-,40-38-. The molecule has 6 heteroatoms. The average Bonchev–Trinajstić information content (AvgIpc) is 3.47. The topological polar surface area (TPSA) is 78.9 Å². The SMILES string of the molecule is CCCCCC/C=C\C/C=C\CCCCCCCCCC(=O)OCC(COC(=O)CCCCCCCCCC/C=C\C/C=C\C/C=C\CCCCCCC)OC(=O)CCCCCCCCCCCCCCCCCCCCCCCC. The monoisotopic (exact) mass is 1130 g/mol. The second-order valence-corrected chi connectivity index (χ2v) is 24.1. The fourth-order valence-electron chi connectivity index (χ4n) is 10.6. The molecular weight excluding hydrogens is 997 g/mol. The summed E-state index contributed by atoms with van der Waals surface area (Å²) in [6, 6.07) is 0. The Kier molecular flexibility index (Phi) is 67.1. The van der Waals surface area contributed by atoms with Crippen LogP contribution in [-0.4, -0.2) is 37.2 Å². The molecule has 0 aromatic heterocycles.